The lowest BCUT2D eigenvalue weighted by Gasteiger charge is -2.16. The summed E-state index contributed by atoms with van der Waals surface area (Å²) in [4.78, 5) is 2.46. The summed E-state index contributed by atoms with van der Waals surface area (Å²) in [5.74, 6) is 0. The van der Waals surface area contributed by atoms with Crippen LogP contribution in [0.3, 0.4) is 0 Å². The molecule has 0 spiro atoms. The van der Waals surface area contributed by atoms with Crippen LogP contribution in [0.4, 0.5) is 0 Å². The van der Waals surface area contributed by atoms with Gasteiger partial charge in [0.25, 0.3) is 0 Å². The maximum absolute atomic E-state index is 7.58. The highest BCUT2D eigenvalue weighted by molar-refractivity contribution is 8.13. The van der Waals surface area contributed by atoms with Crippen molar-refractivity contribution in [3.63, 3.8) is 0 Å². The minimum atomic E-state index is 0.136. The number of rotatable bonds is 1. The molecule has 1 heterocycles. The van der Waals surface area contributed by atoms with Crippen molar-refractivity contribution in [3.8, 4) is 0 Å². The fourth-order valence-corrected chi connectivity index (χ4v) is 4.59. The molecular formula is C15H13ClN2S2. The van der Waals surface area contributed by atoms with Crippen LogP contribution >= 0.6 is 35.1 Å². The standard InChI is InChI=1S/C15H13ClN2S2/c16-10-5-6-13-11(8-10)14(20-15(17)18)7-9-3-1-2-4-12(9)19-13/h1-6,8,14H,7H2,(H3,17,18)/t14-/m1/s1. The molecular weight excluding hydrogens is 308 g/mol. The fourth-order valence-electron chi connectivity index (χ4n) is 2.32. The molecule has 0 radical (unpaired) electrons. The number of halogens is 1. The van der Waals surface area contributed by atoms with Crippen LogP contribution in [0, 0.1) is 5.41 Å². The van der Waals surface area contributed by atoms with E-state index in [1.807, 2.05) is 12.1 Å². The van der Waals surface area contributed by atoms with Crippen LogP contribution in [0.5, 0.6) is 0 Å². The fraction of sp³-hybridized carbons (Fsp3) is 0.133. The van der Waals surface area contributed by atoms with Gasteiger partial charge in [-0.2, -0.15) is 0 Å². The van der Waals surface area contributed by atoms with Crippen LogP contribution < -0.4 is 5.73 Å². The van der Waals surface area contributed by atoms with E-state index in [0.717, 1.165) is 11.4 Å². The van der Waals surface area contributed by atoms with Gasteiger partial charge in [-0.3, -0.25) is 5.41 Å². The van der Waals surface area contributed by atoms with Crippen LogP contribution in [-0.2, 0) is 6.42 Å². The lowest BCUT2D eigenvalue weighted by atomic mass is 10.0. The number of amidine groups is 1. The summed E-state index contributed by atoms with van der Waals surface area (Å²) in [7, 11) is 0. The maximum Gasteiger partial charge on any atom is 0.151 e. The normalized spacial score (nSPS) is 16.9. The lowest BCUT2D eigenvalue weighted by Crippen LogP contribution is -2.09. The third kappa shape index (κ3) is 2.82. The Labute approximate surface area is 131 Å². The van der Waals surface area contributed by atoms with Crippen LogP contribution in [0.15, 0.2) is 52.3 Å². The second-order valence-corrected chi connectivity index (χ2v) is 7.33. The van der Waals surface area contributed by atoms with Crippen molar-refractivity contribution in [2.24, 2.45) is 5.73 Å². The topological polar surface area (TPSA) is 49.9 Å². The summed E-state index contributed by atoms with van der Waals surface area (Å²) in [6.07, 6.45) is 0.862. The predicted octanol–water partition coefficient (Wildman–Crippen LogP) is 4.72. The van der Waals surface area contributed by atoms with Gasteiger partial charge in [-0.05, 0) is 41.8 Å². The molecule has 3 N–H and O–H groups in total. The van der Waals surface area contributed by atoms with Gasteiger partial charge < -0.3 is 5.73 Å². The zero-order valence-corrected chi connectivity index (χ0v) is 13.0. The van der Waals surface area contributed by atoms with Gasteiger partial charge in [0.15, 0.2) is 5.17 Å². The SMILES string of the molecule is N=C(N)S[C@@H]1Cc2ccccc2Sc2ccc(Cl)cc21. The van der Waals surface area contributed by atoms with E-state index in [9.17, 15) is 0 Å². The molecule has 0 aliphatic carbocycles. The van der Waals surface area contributed by atoms with Crippen molar-refractivity contribution < 1.29 is 0 Å². The van der Waals surface area contributed by atoms with Crippen molar-refractivity contribution in [3.05, 3.63) is 58.6 Å². The summed E-state index contributed by atoms with van der Waals surface area (Å²) in [5.41, 5.74) is 8.06. The first-order chi connectivity index (χ1) is 9.63. The Kier molecular flexibility index (Phi) is 3.96. The Morgan fingerprint density at radius 1 is 1.25 bits per heavy atom. The minimum absolute atomic E-state index is 0.136. The van der Waals surface area contributed by atoms with Gasteiger partial charge >= 0.3 is 0 Å². The summed E-state index contributed by atoms with van der Waals surface area (Å²) in [6, 6.07) is 14.4. The molecule has 1 aliphatic rings. The second-order valence-electron chi connectivity index (χ2n) is 4.57. The third-order valence-corrected chi connectivity index (χ3v) is 5.59. The number of thioether (sulfide) groups is 1. The molecule has 2 aromatic rings. The number of fused-ring (bicyclic) bond motifs is 2. The summed E-state index contributed by atoms with van der Waals surface area (Å²) in [6.45, 7) is 0. The monoisotopic (exact) mass is 320 g/mol. The van der Waals surface area contributed by atoms with Crippen molar-refractivity contribution in [1.29, 1.82) is 5.41 Å². The van der Waals surface area contributed by atoms with Gasteiger partial charge in [0.05, 0.1) is 0 Å². The molecule has 0 saturated carbocycles. The zero-order valence-electron chi connectivity index (χ0n) is 10.6. The molecule has 1 aliphatic heterocycles. The van der Waals surface area contributed by atoms with Gasteiger partial charge in [0.2, 0.25) is 0 Å². The van der Waals surface area contributed by atoms with E-state index in [-0.39, 0.29) is 10.4 Å². The molecule has 0 fully saturated rings. The quantitative estimate of drug-likeness (QED) is 0.590. The van der Waals surface area contributed by atoms with Crippen LogP contribution in [0.25, 0.3) is 0 Å². The Morgan fingerprint density at radius 2 is 2.05 bits per heavy atom. The van der Waals surface area contributed by atoms with Gasteiger partial charge in [-0.1, -0.05) is 53.3 Å². The average molecular weight is 321 g/mol. The van der Waals surface area contributed by atoms with Gasteiger partial charge in [0, 0.05) is 20.1 Å². The van der Waals surface area contributed by atoms with Crippen molar-refractivity contribution in [1.82, 2.24) is 0 Å². The van der Waals surface area contributed by atoms with Crippen molar-refractivity contribution in [2.45, 2.75) is 21.5 Å². The highest BCUT2D eigenvalue weighted by Crippen LogP contribution is 2.46. The van der Waals surface area contributed by atoms with E-state index in [4.69, 9.17) is 22.7 Å². The summed E-state index contributed by atoms with van der Waals surface area (Å²) in [5, 5.41) is 8.59. The molecule has 5 heteroatoms. The molecule has 20 heavy (non-hydrogen) atoms. The first kappa shape index (κ1) is 13.9. The molecule has 0 unspecified atom stereocenters. The maximum atomic E-state index is 7.58. The molecule has 2 aromatic carbocycles. The first-order valence-corrected chi connectivity index (χ1v) is 8.27. The highest BCUT2D eigenvalue weighted by atomic mass is 35.5. The molecule has 0 aromatic heterocycles. The predicted molar refractivity (Wildman–Crippen MR) is 88.0 cm³/mol. The minimum Gasteiger partial charge on any atom is -0.379 e. The Morgan fingerprint density at radius 3 is 2.85 bits per heavy atom. The molecule has 0 bridgehead atoms. The van der Waals surface area contributed by atoms with E-state index in [1.165, 1.54) is 32.7 Å². The van der Waals surface area contributed by atoms with Gasteiger partial charge in [-0.15, -0.1) is 0 Å². The van der Waals surface area contributed by atoms with E-state index in [0.29, 0.717) is 0 Å². The molecule has 0 amide bonds. The molecule has 102 valence electrons. The largest absolute Gasteiger partial charge is 0.379 e. The number of benzene rings is 2. The lowest BCUT2D eigenvalue weighted by molar-refractivity contribution is 0.906. The Hall–Kier alpha value is -1.10. The van der Waals surface area contributed by atoms with E-state index in [2.05, 4.69) is 30.3 Å². The van der Waals surface area contributed by atoms with E-state index in [1.54, 1.807) is 11.8 Å². The second kappa shape index (κ2) is 5.72. The summed E-state index contributed by atoms with van der Waals surface area (Å²) >= 11 is 9.29. The smallest absolute Gasteiger partial charge is 0.151 e. The molecule has 0 saturated heterocycles. The van der Waals surface area contributed by atoms with Gasteiger partial charge in [0.1, 0.15) is 0 Å². The Balaban J connectivity index is 2.11. The molecule has 1 atom stereocenters. The number of nitrogens with two attached hydrogens (primary N) is 1. The summed E-state index contributed by atoms with van der Waals surface area (Å²) < 4.78 is 0. The van der Waals surface area contributed by atoms with Crippen molar-refractivity contribution >= 4 is 40.3 Å². The first-order valence-electron chi connectivity index (χ1n) is 6.19. The van der Waals surface area contributed by atoms with Gasteiger partial charge in [-0.25, -0.2) is 0 Å². The van der Waals surface area contributed by atoms with E-state index >= 15 is 0 Å². The Bertz CT molecular complexity index is 673. The number of hydrogen-bond acceptors (Lipinski definition) is 3. The van der Waals surface area contributed by atoms with Crippen molar-refractivity contribution in [2.75, 3.05) is 0 Å². The number of nitrogens with one attached hydrogen (secondary N) is 1. The van der Waals surface area contributed by atoms with Crippen LogP contribution in [-0.4, -0.2) is 5.17 Å². The number of hydrogen-bond donors (Lipinski definition) is 2. The molecule has 2 nitrogen and oxygen atoms in total. The van der Waals surface area contributed by atoms with Crippen LogP contribution in [0.1, 0.15) is 16.4 Å². The highest BCUT2D eigenvalue weighted by Gasteiger charge is 2.24. The average Bonchev–Trinajstić information content (AvgIpc) is 2.55. The third-order valence-electron chi connectivity index (χ3n) is 3.19. The zero-order chi connectivity index (χ0) is 14.1. The molecule has 3 rings (SSSR count). The van der Waals surface area contributed by atoms with Crippen LogP contribution in [0.2, 0.25) is 5.02 Å². The van der Waals surface area contributed by atoms with E-state index < -0.39 is 0 Å².